The van der Waals surface area contributed by atoms with Crippen molar-refractivity contribution >= 4 is 40.3 Å². The molecule has 0 spiro atoms. The summed E-state index contributed by atoms with van der Waals surface area (Å²) in [6.45, 7) is 4.25. The van der Waals surface area contributed by atoms with Crippen LogP contribution in [0.1, 0.15) is 23.6 Å². The van der Waals surface area contributed by atoms with Crippen LogP contribution < -0.4 is 5.09 Å². The van der Waals surface area contributed by atoms with Gasteiger partial charge in [0.25, 0.3) is 0 Å². The molecule has 0 fully saturated rings. The molecule has 1 rings (SSSR count). The third-order valence-corrected chi connectivity index (χ3v) is 3.40. The highest BCUT2D eigenvalue weighted by molar-refractivity contribution is 14.2. The number of hydrogen-bond donors (Lipinski definition) is 2. The fraction of sp³-hybridized carbons (Fsp3) is 0.300. The van der Waals surface area contributed by atoms with E-state index in [1.165, 1.54) is 17.3 Å². The van der Waals surface area contributed by atoms with Gasteiger partial charge in [-0.25, -0.2) is 0 Å². The van der Waals surface area contributed by atoms with Gasteiger partial charge in [0.05, 0.1) is 0 Å². The summed E-state index contributed by atoms with van der Waals surface area (Å²) in [5, 5.41) is 10.6. The molecule has 76 valence electrons. The van der Waals surface area contributed by atoms with Crippen molar-refractivity contribution in [2.45, 2.75) is 20.3 Å². The van der Waals surface area contributed by atoms with Crippen molar-refractivity contribution in [2.24, 2.45) is 0 Å². The van der Waals surface area contributed by atoms with Crippen LogP contribution in [-0.2, 0) is 6.42 Å². The Balaban J connectivity index is 3.17. The topological polar surface area (TPSA) is 35.9 Å². The molecular weight excluding hydrogens is 306 g/mol. The van der Waals surface area contributed by atoms with E-state index in [-0.39, 0.29) is 0 Å². The van der Waals surface area contributed by atoms with Gasteiger partial charge in [-0.15, -0.1) is 0 Å². The molecular formula is C10H14IN2P. The lowest BCUT2D eigenvalue weighted by Crippen LogP contribution is -1.95. The summed E-state index contributed by atoms with van der Waals surface area (Å²) in [6, 6.07) is 4.23. The van der Waals surface area contributed by atoms with Gasteiger partial charge < -0.3 is 10.5 Å². The van der Waals surface area contributed by atoms with E-state index in [1.807, 2.05) is 0 Å². The van der Waals surface area contributed by atoms with Crippen molar-refractivity contribution in [3.63, 3.8) is 0 Å². The van der Waals surface area contributed by atoms with Crippen LogP contribution >= 0.6 is 28.4 Å². The summed E-state index contributed by atoms with van der Waals surface area (Å²) in [5.41, 5.74) is 4.68. The molecule has 1 unspecified atom stereocenters. The maximum atomic E-state index is 7.32. The van der Waals surface area contributed by atoms with Gasteiger partial charge in [-0.1, -0.05) is 6.92 Å². The molecule has 1 aromatic carbocycles. The molecule has 2 N–H and O–H groups in total. The largest absolute Gasteiger partial charge is 0.358 e. The van der Waals surface area contributed by atoms with E-state index in [4.69, 9.17) is 5.41 Å². The second kappa shape index (κ2) is 5.66. The number of halogens is 1. The van der Waals surface area contributed by atoms with E-state index >= 15 is 0 Å². The van der Waals surface area contributed by atoms with E-state index in [9.17, 15) is 0 Å². The number of hydrogen-bond acceptors (Lipinski definition) is 2. The lowest BCUT2D eigenvalue weighted by Gasteiger charge is -2.11. The third kappa shape index (κ3) is 2.67. The van der Waals surface area contributed by atoms with Crippen LogP contribution in [-0.4, -0.2) is 6.21 Å². The molecule has 0 radical (unpaired) electrons. The van der Waals surface area contributed by atoms with Crippen LogP contribution in [0.2, 0.25) is 0 Å². The quantitative estimate of drug-likeness (QED) is 0.492. The Labute approximate surface area is 99.7 Å². The Morgan fingerprint density at radius 1 is 1.57 bits per heavy atom. The number of anilines is 1. The molecule has 0 aliphatic carbocycles. The Hall–Kier alpha value is -0.150. The molecule has 4 heteroatoms. The predicted molar refractivity (Wildman–Crippen MR) is 74.4 cm³/mol. The van der Waals surface area contributed by atoms with Gasteiger partial charge in [0.1, 0.15) is 0 Å². The molecule has 0 aliphatic rings. The smallest absolute Gasteiger partial charge is 0.0468 e. The van der Waals surface area contributed by atoms with Gasteiger partial charge in [0.2, 0.25) is 0 Å². The lowest BCUT2D eigenvalue weighted by atomic mass is 10.0. The van der Waals surface area contributed by atoms with E-state index in [0.29, 0.717) is 6.37 Å². The van der Waals surface area contributed by atoms with E-state index in [0.717, 1.165) is 17.7 Å². The van der Waals surface area contributed by atoms with Crippen LogP contribution in [0, 0.1) is 12.3 Å². The summed E-state index contributed by atoms with van der Waals surface area (Å²) in [5.74, 6) is 0. The Morgan fingerprint density at radius 3 is 2.79 bits per heavy atom. The Bertz CT molecular complexity index is 339. The molecule has 2 nitrogen and oxygen atoms in total. The molecule has 0 saturated carbocycles. The first kappa shape index (κ1) is 11.9. The first-order chi connectivity index (χ1) is 6.72. The standard InChI is InChI=1S/C10H14IN2P/c1-3-8-5-10(13-14-11)9(6-12)4-7(8)2/h4-6,12-14H,3H2,1-2H3. The highest BCUT2D eigenvalue weighted by Gasteiger charge is 2.03. The third-order valence-electron chi connectivity index (χ3n) is 2.23. The number of rotatable bonds is 4. The van der Waals surface area contributed by atoms with Crippen LogP contribution in [0.25, 0.3) is 0 Å². The second-order valence-corrected chi connectivity index (χ2v) is 5.14. The van der Waals surface area contributed by atoms with Gasteiger partial charge in [-0.05, 0) is 58.6 Å². The van der Waals surface area contributed by atoms with Gasteiger partial charge in [0, 0.05) is 23.8 Å². The summed E-state index contributed by atoms with van der Waals surface area (Å²) in [7, 11) is 0. The zero-order valence-electron chi connectivity index (χ0n) is 8.32. The number of aryl methyl sites for hydroxylation is 2. The summed E-state index contributed by atoms with van der Waals surface area (Å²) in [6.07, 6.45) is 3.10. The number of nitrogens with one attached hydrogen (secondary N) is 2. The van der Waals surface area contributed by atoms with Crippen molar-refractivity contribution in [3.8, 4) is 0 Å². The zero-order valence-corrected chi connectivity index (χ0v) is 11.5. The maximum Gasteiger partial charge on any atom is 0.0468 e. The highest BCUT2D eigenvalue weighted by atomic mass is 127. The van der Waals surface area contributed by atoms with Crippen molar-refractivity contribution < 1.29 is 0 Å². The van der Waals surface area contributed by atoms with Gasteiger partial charge in [-0.3, -0.25) is 0 Å². The van der Waals surface area contributed by atoms with Gasteiger partial charge >= 0.3 is 0 Å². The van der Waals surface area contributed by atoms with Crippen molar-refractivity contribution in [3.05, 3.63) is 28.8 Å². The van der Waals surface area contributed by atoms with Gasteiger partial charge in [-0.2, -0.15) is 0 Å². The van der Waals surface area contributed by atoms with Crippen LogP contribution in [0.4, 0.5) is 5.69 Å². The molecule has 0 amide bonds. The minimum absolute atomic E-state index is 0.646. The molecule has 1 aromatic rings. The van der Waals surface area contributed by atoms with Gasteiger partial charge in [0.15, 0.2) is 0 Å². The molecule has 0 saturated heterocycles. The SMILES string of the molecule is CCc1cc(NPI)c(C=N)cc1C. The average Bonchev–Trinajstić information content (AvgIpc) is 2.20. The summed E-state index contributed by atoms with van der Waals surface area (Å²) < 4.78 is 0. The van der Waals surface area contributed by atoms with Crippen LogP contribution in [0.5, 0.6) is 0 Å². The fourth-order valence-corrected chi connectivity index (χ4v) is 2.62. The highest BCUT2D eigenvalue weighted by Crippen LogP contribution is 2.28. The number of benzene rings is 1. The fourth-order valence-electron chi connectivity index (χ4n) is 1.43. The first-order valence-electron chi connectivity index (χ1n) is 4.48. The maximum absolute atomic E-state index is 7.32. The summed E-state index contributed by atoms with van der Waals surface area (Å²) >= 11 is 2.30. The molecule has 0 heterocycles. The van der Waals surface area contributed by atoms with Crippen molar-refractivity contribution in [1.82, 2.24) is 0 Å². The minimum Gasteiger partial charge on any atom is -0.358 e. The predicted octanol–water partition coefficient (Wildman–Crippen LogP) is 3.91. The Kier molecular flexibility index (Phi) is 4.82. The van der Waals surface area contributed by atoms with Crippen molar-refractivity contribution in [2.75, 3.05) is 5.09 Å². The van der Waals surface area contributed by atoms with E-state index < -0.39 is 0 Å². The normalized spacial score (nSPS) is 10.8. The second-order valence-electron chi connectivity index (χ2n) is 3.08. The van der Waals surface area contributed by atoms with Crippen LogP contribution in [0.15, 0.2) is 12.1 Å². The zero-order chi connectivity index (χ0) is 10.6. The summed E-state index contributed by atoms with van der Waals surface area (Å²) in [4.78, 5) is 0. The van der Waals surface area contributed by atoms with E-state index in [1.54, 1.807) is 0 Å². The van der Waals surface area contributed by atoms with Crippen LogP contribution in [0.3, 0.4) is 0 Å². The monoisotopic (exact) mass is 320 g/mol. The lowest BCUT2D eigenvalue weighted by molar-refractivity contribution is 1.11. The minimum atomic E-state index is 0.646. The first-order valence-corrected chi connectivity index (χ1v) is 8.60. The molecule has 0 aromatic heterocycles. The van der Waals surface area contributed by atoms with E-state index in [2.05, 4.69) is 53.1 Å². The molecule has 0 aliphatic heterocycles. The molecule has 1 atom stereocenters. The van der Waals surface area contributed by atoms with Crippen molar-refractivity contribution in [1.29, 1.82) is 5.41 Å². The average molecular weight is 320 g/mol. The molecule has 14 heavy (non-hydrogen) atoms. The Morgan fingerprint density at radius 2 is 2.29 bits per heavy atom. The molecule has 0 bridgehead atoms.